The van der Waals surface area contributed by atoms with Gasteiger partial charge in [-0.25, -0.2) is 4.98 Å². The molecule has 0 unspecified atom stereocenters. The lowest BCUT2D eigenvalue weighted by atomic mass is 10.1. The number of aromatic nitrogens is 1. The maximum Gasteiger partial charge on any atom is 0.311 e. The molecule has 0 saturated carbocycles. The summed E-state index contributed by atoms with van der Waals surface area (Å²) in [6.07, 6.45) is 0.712. The first-order valence-corrected chi connectivity index (χ1v) is 7.09. The molecule has 106 valence electrons. The Hall–Kier alpha value is -1.99. The molecule has 0 aliphatic heterocycles. The van der Waals surface area contributed by atoms with Crippen LogP contribution in [0.4, 0.5) is 5.69 Å². The van der Waals surface area contributed by atoms with Crippen molar-refractivity contribution in [3.8, 4) is 17.0 Å². The van der Waals surface area contributed by atoms with Gasteiger partial charge < -0.3 is 10.5 Å². The van der Waals surface area contributed by atoms with Crippen molar-refractivity contribution in [2.45, 2.75) is 13.3 Å². The molecule has 2 aromatic rings. The molecule has 7 heteroatoms. The Labute approximate surface area is 120 Å². The zero-order valence-corrected chi connectivity index (χ0v) is 11.9. The second kappa shape index (κ2) is 6.44. The molecule has 2 rings (SSSR count). The maximum absolute atomic E-state index is 11.1. The molecular formula is C13H15N3O3S. The van der Waals surface area contributed by atoms with Crippen LogP contribution < -0.4 is 10.5 Å². The van der Waals surface area contributed by atoms with Gasteiger partial charge in [-0.05, 0) is 25.6 Å². The van der Waals surface area contributed by atoms with Crippen LogP contribution in [0.15, 0.2) is 23.6 Å². The number of thiazole rings is 1. The normalized spacial score (nSPS) is 10.5. The zero-order valence-electron chi connectivity index (χ0n) is 11.0. The fourth-order valence-corrected chi connectivity index (χ4v) is 2.60. The van der Waals surface area contributed by atoms with Gasteiger partial charge in [0.2, 0.25) is 0 Å². The highest BCUT2D eigenvalue weighted by Crippen LogP contribution is 2.32. The summed E-state index contributed by atoms with van der Waals surface area (Å²) >= 11 is 1.51. The molecule has 0 atom stereocenters. The van der Waals surface area contributed by atoms with Gasteiger partial charge in [0.15, 0.2) is 5.75 Å². The predicted molar refractivity (Wildman–Crippen MR) is 78.1 cm³/mol. The Kier molecular flexibility index (Phi) is 4.65. The van der Waals surface area contributed by atoms with Crippen LogP contribution in [0, 0.1) is 10.1 Å². The lowest BCUT2D eigenvalue weighted by Crippen LogP contribution is -2.02. The van der Waals surface area contributed by atoms with Gasteiger partial charge in [-0.1, -0.05) is 0 Å². The Morgan fingerprint density at radius 1 is 1.50 bits per heavy atom. The van der Waals surface area contributed by atoms with Crippen molar-refractivity contribution in [1.82, 2.24) is 4.98 Å². The SMILES string of the molecule is CCOc1ccc(-c2csc(CCN)n2)cc1[N+](=O)[O-]. The molecule has 2 N–H and O–H groups in total. The molecule has 20 heavy (non-hydrogen) atoms. The van der Waals surface area contributed by atoms with E-state index in [2.05, 4.69) is 4.98 Å². The van der Waals surface area contributed by atoms with Crippen LogP contribution in [0.3, 0.4) is 0 Å². The molecule has 0 fully saturated rings. The van der Waals surface area contributed by atoms with E-state index < -0.39 is 4.92 Å². The summed E-state index contributed by atoms with van der Waals surface area (Å²) in [5.41, 5.74) is 6.88. The third-order valence-electron chi connectivity index (χ3n) is 2.66. The van der Waals surface area contributed by atoms with E-state index in [1.165, 1.54) is 17.4 Å². The fourth-order valence-electron chi connectivity index (χ4n) is 1.78. The van der Waals surface area contributed by atoms with Crippen molar-refractivity contribution in [3.63, 3.8) is 0 Å². The largest absolute Gasteiger partial charge is 0.487 e. The first-order chi connectivity index (χ1) is 9.65. The van der Waals surface area contributed by atoms with Gasteiger partial charge in [-0.3, -0.25) is 10.1 Å². The smallest absolute Gasteiger partial charge is 0.311 e. The van der Waals surface area contributed by atoms with E-state index in [-0.39, 0.29) is 11.4 Å². The van der Waals surface area contributed by atoms with Crippen LogP contribution in [0.5, 0.6) is 5.75 Å². The summed E-state index contributed by atoms with van der Waals surface area (Å²) in [7, 11) is 0. The van der Waals surface area contributed by atoms with E-state index in [1.54, 1.807) is 19.1 Å². The van der Waals surface area contributed by atoms with E-state index in [0.717, 1.165) is 10.7 Å². The average molecular weight is 293 g/mol. The molecule has 0 spiro atoms. The van der Waals surface area contributed by atoms with Crippen LogP contribution in [0.25, 0.3) is 11.3 Å². The zero-order chi connectivity index (χ0) is 14.5. The van der Waals surface area contributed by atoms with Crippen LogP contribution in [0.1, 0.15) is 11.9 Å². The van der Waals surface area contributed by atoms with Crippen LogP contribution in [-0.2, 0) is 6.42 Å². The molecule has 0 radical (unpaired) electrons. The highest BCUT2D eigenvalue weighted by Gasteiger charge is 2.17. The molecule has 1 heterocycles. The topological polar surface area (TPSA) is 91.3 Å². The Bertz CT molecular complexity index is 613. The van der Waals surface area contributed by atoms with Gasteiger partial charge in [0.25, 0.3) is 0 Å². The second-order valence-corrected chi connectivity index (χ2v) is 4.98. The monoisotopic (exact) mass is 293 g/mol. The number of hydrogen-bond acceptors (Lipinski definition) is 6. The maximum atomic E-state index is 11.1. The number of rotatable bonds is 6. The van der Waals surface area contributed by atoms with E-state index in [1.807, 2.05) is 5.38 Å². The number of nitro benzene ring substituents is 1. The number of nitrogens with zero attached hydrogens (tertiary/aromatic N) is 2. The highest BCUT2D eigenvalue weighted by molar-refractivity contribution is 7.09. The van der Waals surface area contributed by atoms with Crippen LogP contribution >= 0.6 is 11.3 Å². The van der Waals surface area contributed by atoms with Gasteiger partial charge in [-0.2, -0.15) is 0 Å². The molecule has 0 saturated heterocycles. The van der Waals surface area contributed by atoms with E-state index in [9.17, 15) is 10.1 Å². The third kappa shape index (κ3) is 3.12. The van der Waals surface area contributed by atoms with Gasteiger partial charge in [-0.15, -0.1) is 11.3 Å². The van der Waals surface area contributed by atoms with Gasteiger partial charge in [0.1, 0.15) is 0 Å². The lowest BCUT2D eigenvalue weighted by molar-refractivity contribution is -0.385. The number of benzene rings is 1. The number of ether oxygens (including phenoxy) is 1. The Morgan fingerprint density at radius 3 is 2.95 bits per heavy atom. The molecule has 0 aliphatic carbocycles. The Balaban J connectivity index is 2.36. The summed E-state index contributed by atoms with van der Waals surface area (Å²) in [5, 5.41) is 13.9. The minimum Gasteiger partial charge on any atom is -0.487 e. The molecule has 1 aromatic carbocycles. The summed E-state index contributed by atoms with van der Waals surface area (Å²) in [5.74, 6) is 0.277. The van der Waals surface area contributed by atoms with Gasteiger partial charge in [0, 0.05) is 23.4 Å². The number of nitro groups is 1. The van der Waals surface area contributed by atoms with Crippen molar-refractivity contribution in [1.29, 1.82) is 0 Å². The summed E-state index contributed by atoms with van der Waals surface area (Å²) in [6, 6.07) is 4.88. The van der Waals surface area contributed by atoms with Crippen LogP contribution in [-0.4, -0.2) is 23.1 Å². The number of nitrogens with two attached hydrogens (primary N) is 1. The summed E-state index contributed by atoms with van der Waals surface area (Å²) in [4.78, 5) is 15.1. The Morgan fingerprint density at radius 2 is 2.30 bits per heavy atom. The van der Waals surface area contributed by atoms with E-state index >= 15 is 0 Å². The first-order valence-electron chi connectivity index (χ1n) is 6.21. The van der Waals surface area contributed by atoms with Crippen molar-refractivity contribution in [2.75, 3.05) is 13.2 Å². The molecule has 1 aromatic heterocycles. The van der Waals surface area contributed by atoms with Crippen molar-refractivity contribution < 1.29 is 9.66 Å². The molecule has 0 aliphatic rings. The molecular weight excluding hydrogens is 278 g/mol. The molecule has 6 nitrogen and oxygen atoms in total. The summed E-state index contributed by atoms with van der Waals surface area (Å²) in [6.45, 7) is 2.71. The van der Waals surface area contributed by atoms with Gasteiger partial charge in [0.05, 0.1) is 22.2 Å². The van der Waals surface area contributed by atoms with Crippen molar-refractivity contribution in [3.05, 3.63) is 38.7 Å². The van der Waals surface area contributed by atoms with E-state index in [4.69, 9.17) is 10.5 Å². The van der Waals surface area contributed by atoms with Gasteiger partial charge >= 0.3 is 5.69 Å². The van der Waals surface area contributed by atoms with Crippen LogP contribution in [0.2, 0.25) is 0 Å². The number of hydrogen-bond donors (Lipinski definition) is 1. The minimum atomic E-state index is -0.443. The summed E-state index contributed by atoms with van der Waals surface area (Å²) < 4.78 is 5.26. The molecule has 0 amide bonds. The standard InChI is InChI=1S/C13H15N3O3S/c1-2-19-12-4-3-9(7-11(12)16(17)18)10-8-20-13(15-10)5-6-14/h3-4,7-8H,2,5-6,14H2,1H3. The average Bonchev–Trinajstić information content (AvgIpc) is 2.88. The van der Waals surface area contributed by atoms with E-state index in [0.29, 0.717) is 25.1 Å². The highest BCUT2D eigenvalue weighted by atomic mass is 32.1. The third-order valence-corrected chi connectivity index (χ3v) is 3.57. The lowest BCUT2D eigenvalue weighted by Gasteiger charge is -2.05. The van der Waals surface area contributed by atoms with Crippen molar-refractivity contribution in [2.24, 2.45) is 5.73 Å². The first kappa shape index (κ1) is 14.4. The molecule has 0 bridgehead atoms. The minimum absolute atomic E-state index is 0.0438. The fraction of sp³-hybridized carbons (Fsp3) is 0.308. The van der Waals surface area contributed by atoms with Crippen molar-refractivity contribution >= 4 is 17.0 Å². The predicted octanol–water partition coefficient (Wildman–Crippen LogP) is 2.62. The quantitative estimate of drug-likeness (QED) is 0.653. The second-order valence-electron chi connectivity index (χ2n) is 4.04.